The third-order valence-corrected chi connectivity index (χ3v) is 5.94. The number of carbonyl (C=O) groups excluding carboxylic acids is 1. The Balaban J connectivity index is 2.13. The fourth-order valence-corrected chi connectivity index (χ4v) is 3.91. The number of rotatable bonds is 7. The van der Waals surface area contributed by atoms with Crippen LogP contribution >= 0.6 is 0 Å². The zero-order valence-electron chi connectivity index (χ0n) is 17.3. The van der Waals surface area contributed by atoms with E-state index in [1.165, 1.54) is 12.7 Å². The molecule has 1 aliphatic heterocycles. The van der Waals surface area contributed by atoms with Crippen LogP contribution in [-0.2, 0) is 14.9 Å². The highest BCUT2D eigenvalue weighted by Gasteiger charge is 2.30. The Morgan fingerprint density at radius 3 is 2.33 bits per heavy atom. The van der Waals surface area contributed by atoms with Gasteiger partial charge in [0.2, 0.25) is 0 Å². The van der Waals surface area contributed by atoms with Crippen molar-refractivity contribution in [3.05, 3.63) is 35.9 Å². The molecule has 1 aromatic carbocycles. The van der Waals surface area contributed by atoms with Gasteiger partial charge in [-0.3, -0.25) is 9.79 Å². The molecule has 0 aromatic heterocycles. The Morgan fingerprint density at radius 1 is 1.19 bits per heavy atom. The van der Waals surface area contributed by atoms with Gasteiger partial charge >= 0.3 is 5.97 Å². The number of carbonyl (C=O) groups is 1. The van der Waals surface area contributed by atoms with Gasteiger partial charge in [0.15, 0.2) is 5.96 Å². The van der Waals surface area contributed by atoms with Gasteiger partial charge in [0, 0.05) is 25.0 Å². The topological polar surface area (TPSA) is 53.9 Å². The van der Waals surface area contributed by atoms with Gasteiger partial charge in [-0.15, -0.1) is 0 Å². The van der Waals surface area contributed by atoms with Gasteiger partial charge in [0.05, 0.1) is 19.6 Å². The molecule has 1 N–H and O–H groups in total. The highest BCUT2D eigenvalue weighted by atomic mass is 16.5. The number of nitrogens with one attached hydrogen (secondary N) is 1. The molecule has 5 nitrogen and oxygen atoms in total. The molecule has 0 spiro atoms. The summed E-state index contributed by atoms with van der Waals surface area (Å²) in [4.78, 5) is 19.1. The van der Waals surface area contributed by atoms with Gasteiger partial charge in [-0.05, 0) is 38.2 Å². The lowest BCUT2D eigenvalue weighted by Gasteiger charge is -2.35. The number of piperidine rings is 1. The second kappa shape index (κ2) is 10.3. The van der Waals surface area contributed by atoms with Crippen LogP contribution in [0.25, 0.3) is 0 Å². The molecule has 0 bridgehead atoms. The monoisotopic (exact) mass is 373 g/mol. The maximum absolute atomic E-state index is 11.8. The summed E-state index contributed by atoms with van der Waals surface area (Å²) >= 11 is 0. The van der Waals surface area contributed by atoms with Gasteiger partial charge < -0.3 is 15.0 Å². The minimum atomic E-state index is -0.0864. The minimum absolute atomic E-state index is 0.0174. The quantitative estimate of drug-likeness (QED) is 0.451. The summed E-state index contributed by atoms with van der Waals surface area (Å²) in [7, 11) is 1.47. The van der Waals surface area contributed by atoms with E-state index in [1.54, 1.807) is 0 Å². The van der Waals surface area contributed by atoms with E-state index in [0.29, 0.717) is 0 Å². The molecule has 27 heavy (non-hydrogen) atoms. The fraction of sp³-hybridized carbons (Fsp3) is 0.636. The van der Waals surface area contributed by atoms with Gasteiger partial charge in [0.25, 0.3) is 0 Å². The van der Waals surface area contributed by atoms with Crippen molar-refractivity contribution >= 4 is 11.9 Å². The summed E-state index contributed by atoms with van der Waals surface area (Å²) < 4.78 is 4.90. The molecule has 1 aromatic rings. The summed E-state index contributed by atoms with van der Waals surface area (Å²) in [5.74, 6) is 0.892. The van der Waals surface area contributed by atoms with Crippen LogP contribution in [0.1, 0.15) is 52.0 Å². The summed E-state index contributed by atoms with van der Waals surface area (Å²) in [6.45, 7) is 9.88. The number of ether oxygens (including phenoxy) is 1. The van der Waals surface area contributed by atoms with Crippen molar-refractivity contribution in [1.29, 1.82) is 0 Å². The maximum Gasteiger partial charge on any atom is 0.308 e. The highest BCUT2D eigenvalue weighted by molar-refractivity contribution is 5.80. The maximum atomic E-state index is 11.8. The summed E-state index contributed by atoms with van der Waals surface area (Å²) in [6, 6.07) is 10.7. The van der Waals surface area contributed by atoms with Crippen LogP contribution in [-0.4, -0.2) is 50.1 Å². The van der Waals surface area contributed by atoms with Crippen LogP contribution in [0.4, 0.5) is 0 Å². The first kappa shape index (κ1) is 21.3. The number of guanidine groups is 1. The molecule has 1 fully saturated rings. The summed E-state index contributed by atoms with van der Waals surface area (Å²) in [6.07, 6.45) is 3.76. The Morgan fingerprint density at radius 2 is 1.81 bits per heavy atom. The van der Waals surface area contributed by atoms with E-state index in [1.807, 2.05) is 0 Å². The molecule has 0 saturated carbocycles. The summed E-state index contributed by atoms with van der Waals surface area (Å²) in [5.41, 5.74) is 1.42. The van der Waals surface area contributed by atoms with E-state index in [-0.39, 0.29) is 17.3 Å². The first-order valence-electron chi connectivity index (χ1n) is 10.3. The van der Waals surface area contributed by atoms with E-state index in [9.17, 15) is 4.79 Å². The molecule has 0 unspecified atom stereocenters. The number of hydrogen-bond donors (Lipinski definition) is 1. The first-order valence-corrected chi connectivity index (χ1v) is 10.3. The zero-order chi connectivity index (χ0) is 19.7. The van der Waals surface area contributed by atoms with Crippen LogP contribution in [0.15, 0.2) is 35.3 Å². The van der Waals surface area contributed by atoms with Crippen molar-refractivity contribution in [2.45, 2.75) is 51.9 Å². The number of esters is 1. The molecule has 0 aliphatic carbocycles. The molecule has 1 heterocycles. The average molecular weight is 374 g/mol. The predicted molar refractivity (Wildman–Crippen MR) is 111 cm³/mol. The van der Waals surface area contributed by atoms with Crippen LogP contribution in [0, 0.1) is 5.92 Å². The Bertz CT molecular complexity index is 603. The smallest absolute Gasteiger partial charge is 0.308 e. The molecule has 0 amide bonds. The SMILES string of the molecule is CCNC(=NCC(CC)(CC)c1ccccc1)N1CCC(C(=O)OC)CC1. The van der Waals surface area contributed by atoms with Gasteiger partial charge in [-0.1, -0.05) is 44.2 Å². The molecule has 150 valence electrons. The Kier molecular flexibility index (Phi) is 8.14. The lowest BCUT2D eigenvalue weighted by Crippen LogP contribution is -2.47. The normalized spacial score (nSPS) is 16.3. The first-order chi connectivity index (χ1) is 13.1. The minimum Gasteiger partial charge on any atom is -0.469 e. The van der Waals surface area contributed by atoms with E-state index in [2.05, 4.69) is 61.3 Å². The van der Waals surface area contributed by atoms with E-state index in [0.717, 1.165) is 57.8 Å². The molecular formula is C22H35N3O2. The number of likely N-dealkylation sites (tertiary alicyclic amines) is 1. The Labute approximate surface area is 164 Å². The lowest BCUT2D eigenvalue weighted by atomic mass is 9.76. The van der Waals surface area contributed by atoms with E-state index < -0.39 is 0 Å². The van der Waals surface area contributed by atoms with Crippen molar-refractivity contribution in [2.24, 2.45) is 10.9 Å². The molecule has 1 saturated heterocycles. The third kappa shape index (κ3) is 5.24. The summed E-state index contributed by atoms with van der Waals surface area (Å²) in [5, 5.41) is 3.44. The van der Waals surface area contributed by atoms with Gasteiger partial charge in [0.1, 0.15) is 0 Å². The van der Waals surface area contributed by atoms with Crippen LogP contribution in [0.5, 0.6) is 0 Å². The number of aliphatic imine (C=N–C) groups is 1. The van der Waals surface area contributed by atoms with Crippen molar-refractivity contribution in [3.8, 4) is 0 Å². The Hall–Kier alpha value is -2.04. The standard InChI is InChI=1S/C22H35N3O2/c1-5-22(6-2,19-11-9-8-10-12-19)17-24-21(23-7-3)25-15-13-18(14-16-25)20(26)27-4/h8-12,18H,5-7,13-17H2,1-4H3,(H,23,24). The van der Waals surface area contributed by atoms with Crippen molar-refractivity contribution < 1.29 is 9.53 Å². The van der Waals surface area contributed by atoms with Gasteiger partial charge in [-0.25, -0.2) is 0 Å². The highest BCUT2D eigenvalue weighted by Crippen LogP contribution is 2.32. The van der Waals surface area contributed by atoms with Crippen LogP contribution < -0.4 is 5.32 Å². The zero-order valence-corrected chi connectivity index (χ0v) is 17.3. The molecular weight excluding hydrogens is 338 g/mol. The van der Waals surface area contributed by atoms with Crippen molar-refractivity contribution in [2.75, 3.05) is 33.3 Å². The second-order valence-electron chi connectivity index (χ2n) is 7.31. The van der Waals surface area contributed by atoms with Crippen LogP contribution in [0.2, 0.25) is 0 Å². The predicted octanol–water partition coefficient (Wildman–Crippen LogP) is 3.59. The largest absolute Gasteiger partial charge is 0.469 e. The van der Waals surface area contributed by atoms with E-state index >= 15 is 0 Å². The third-order valence-electron chi connectivity index (χ3n) is 5.94. The number of benzene rings is 1. The number of methoxy groups -OCH3 is 1. The fourth-order valence-electron chi connectivity index (χ4n) is 3.91. The molecule has 1 aliphatic rings. The van der Waals surface area contributed by atoms with E-state index in [4.69, 9.17) is 9.73 Å². The molecule has 0 atom stereocenters. The number of hydrogen-bond acceptors (Lipinski definition) is 3. The molecule has 5 heteroatoms. The van der Waals surface area contributed by atoms with Crippen LogP contribution in [0.3, 0.4) is 0 Å². The second-order valence-corrected chi connectivity index (χ2v) is 7.31. The van der Waals surface area contributed by atoms with Crippen molar-refractivity contribution in [3.63, 3.8) is 0 Å². The molecule has 0 radical (unpaired) electrons. The van der Waals surface area contributed by atoms with Gasteiger partial charge in [-0.2, -0.15) is 0 Å². The number of nitrogens with zero attached hydrogens (tertiary/aromatic N) is 2. The average Bonchev–Trinajstić information content (AvgIpc) is 2.74. The van der Waals surface area contributed by atoms with Crippen molar-refractivity contribution in [1.82, 2.24) is 10.2 Å². The lowest BCUT2D eigenvalue weighted by molar-refractivity contribution is -0.146. The molecule has 2 rings (SSSR count).